The first-order valence-electron chi connectivity index (χ1n) is 6.07. The second-order valence-electron chi connectivity index (χ2n) is 4.99. The zero-order valence-corrected chi connectivity index (χ0v) is 12.2. The van der Waals surface area contributed by atoms with E-state index in [1.165, 1.54) is 0 Å². The van der Waals surface area contributed by atoms with E-state index in [0.717, 1.165) is 17.2 Å². The van der Waals surface area contributed by atoms with Crippen molar-refractivity contribution in [3.05, 3.63) is 11.6 Å². The third-order valence-corrected chi connectivity index (χ3v) is 5.00. The van der Waals surface area contributed by atoms with Crippen LogP contribution in [0.25, 0.3) is 0 Å². The van der Waals surface area contributed by atoms with E-state index in [1.807, 2.05) is 5.38 Å². The van der Waals surface area contributed by atoms with Crippen LogP contribution in [0.2, 0.25) is 0 Å². The number of nitrogens with one attached hydrogen (secondary N) is 1. The molecule has 2 atom stereocenters. The smallest absolute Gasteiger partial charge is 0.323 e. The van der Waals surface area contributed by atoms with Gasteiger partial charge in [-0.05, 0) is 26.2 Å². The summed E-state index contributed by atoms with van der Waals surface area (Å²) in [4.78, 5) is 15.7. The number of thioether (sulfide) groups is 1. The maximum absolute atomic E-state index is 11.4. The minimum atomic E-state index is -0.829. The Bertz CT molecular complexity index is 406. The van der Waals surface area contributed by atoms with Gasteiger partial charge in [0.25, 0.3) is 0 Å². The van der Waals surface area contributed by atoms with Crippen LogP contribution in [-0.4, -0.2) is 32.9 Å². The van der Waals surface area contributed by atoms with Crippen molar-refractivity contribution in [3.63, 3.8) is 0 Å². The molecule has 4 nitrogen and oxygen atoms in total. The van der Waals surface area contributed by atoms with Gasteiger partial charge in [-0.3, -0.25) is 10.1 Å². The Morgan fingerprint density at radius 2 is 2.50 bits per heavy atom. The van der Waals surface area contributed by atoms with Crippen LogP contribution >= 0.6 is 23.1 Å². The van der Waals surface area contributed by atoms with Crippen molar-refractivity contribution in [2.45, 2.75) is 54.3 Å². The van der Waals surface area contributed by atoms with Crippen molar-refractivity contribution in [1.29, 1.82) is 0 Å². The summed E-state index contributed by atoms with van der Waals surface area (Å²) in [5, 5.41) is 14.8. The molecule has 1 saturated carbocycles. The molecule has 2 unspecified atom stereocenters. The first kappa shape index (κ1) is 13.8. The summed E-state index contributed by atoms with van der Waals surface area (Å²) in [6, 6.07) is 0.392. The Hall–Kier alpha value is -0.590. The van der Waals surface area contributed by atoms with E-state index < -0.39 is 11.5 Å². The fourth-order valence-electron chi connectivity index (χ4n) is 1.94. The largest absolute Gasteiger partial charge is 0.480 e. The molecule has 1 aromatic heterocycles. The van der Waals surface area contributed by atoms with E-state index >= 15 is 0 Å². The molecule has 1 aliphatic rings. The molecule has 2 rings (SSSR count). The molecule has 100 valence electrons. The van der Waals surface area contributed by atoms with E-state index in [2.05, 4.69) is 17.2 Å². The van der Waals surface area contributed by atoms with Gasteiger partial charge in [0.1, 0.15) is 9.88 Å². The summed E-state index contributed by atoms with van der Waals surface area (Å²) in [7, 11) is 0. The quantitative estimate of drug-likeness (QED) is 0.754. The van der Waals surface area contributed by atoms with Crippen LogP contribution in [0.4, 0.5) is 0 Å². The number of nitrogens with zero attached hydrogens (tertiary/aromatic N) is 1. The van der Waals surface area contributed by atoms with Crippen molar-refractivity contribution in [2.75, 3.05) is 0 Å². The average molecular weight is 286 g/mol. The number of aliphatic carboxylic acids is 1. The zero-order chi connectivity index (χ0) is 13.2. The molecule has 0 radical (unpaired) electrons. The van der Waals surface area contributed by atoms with Gasteiger partial charge in [0.15, 0.2) is 0 Å². The summed E-state index contributed by atoms with van der Waals surface area (Å²) >= 11 is 3.24. The normalized spacial score (nSPS) is 20.3. The number of hydrogen-bond acceptors (Lipinski definition) is 5. The number of aromatic nitrogens is 1. The molecule has 1 fully saturated rings. The van der Waals surface area contributed by atoms with Crippen molar-refractivity contribution in [3.8, 4) is 0 Å². The van der Waals surface area contributed by atoms with Crippen LogP contribution in [0.15, 0.2) is 15.9 Å². The van der Waals surface area contributed by atoms with Crippen LogP contribution in [0, 0.1) is 0 Å². The van der Waals surface area contributed by atoms with E-state index in [4.69, 9.17) is 0 Å². The number of carbonyl (C=O) groups is 1. The van der Waals surface area contributed by atoms with Gasteiger partial charge < -0.3 is 5.11 Å². The van der Waals surface area contributed by atoms with Gasteiger partial charge in [0.05, 0.1) is 0 Å². The first-order chi connectivity index (χ1) is 8.49. The molecular formula is C12H18N2O2S2. The van der Waals surface area contributed by atoms with Crippen LogP contribution < -0.4 is 5.32 Å². The number of rotatable bonds is 7. The number of hydrogen-bond donors (Lipinski definition) is 2. The lowest BCUT2D eigenvalue weighted by atomic mass is 9.96. The van der Waals surface area contributed by atoms with Crippen LogP contribution in [0.5, 0.6) is 0 Å². The molecule has 0 amide bonds. The standard InChI is InChI=1S/C12H18N2O2S2/c1-8(18-11-13-5-6-17-11)7-12(2,10(15)16)14-9-3-4-9/h5-6,8-9,14H,3-4,7H2,1-2H3,(H,15,16). The van der Waals surface area contributed by atoms with Gasteiger partial charge in [-0.25, -0.2) is 4.98 Å². The minimum absolute atomic E-state index is 0.225. The van der Waals surface area contributed by atoms with E-state index in [1.54, 1.807) is 36.2 Å². The summed E-state index contributed by atoms with van der Waals surface area (Å²) in [5.41, 5.74) is -0.829. The molecule has 0 bridgehead atoms. The van der Waals surface area contributed by atoms with Gasteiger partial charge in [0, 0.05) is 22.9 Å². The predicted octanol–water partition coefficient (Wildman–Crippen LogP) is 2.61. The SMILES string of the molecule is CC(CC(C)(NC1CC1)C(=O)O)Sc1nccs1. The minimum Gasteiger partial charge on any atom is -0.480 e. The number of carboxylic acid groups (broad SMARTS) is 1. The van der Waals surface area contributed by atoms with Crippen molar-refractivity contribution in [2.24, 2.45) is 0 Å². The molecule has 0 aliphatic heterocycles. The highest BCUT2D eigenvalue weighted by molar-refractivity contribution is 8.01. The lowest BCUT2D eigenvalue weighted by molar-refractivity contribution is -0.144. The molecule has 6 heteroatoms. The summed E-state index contributed by atoms with van der Waals surface area (Å²) in [6.45, 7) is 3.84. The molecule has 1 aliphatic carbocycles. The van der Waals surface area contributed by atoms with Crippen LogP contribution in [0.3, 0.4) is 0 Å². The average Bonchev–Trinajstić information content (AvgIpc) is 2.92. The maximum atomic E-state index is 11.4. The Labute approximate surface area is 115 Å². The third kappa shape index (κ3) is 3.70. The molecule has 2 N–H and O–H groups in total. The molecule has 18 heavy (non-hydrogen) atoms. The summed E-state index contributed by atoms with van der Waals surface area (Å²) in [6.07, 6.45) is 4.56. The predicted molar refractivity (Wildman–Crippen MR) is 74.2 cm³/mol. The highest BCUT2D eigenvalue weighted by atomic mass is 32.2. The summed E-state index contributed by atoms with van der Waals surface area (Å²) < 4.78 is 1.00. The lowest BCUT2D eigenvalue weighted by Gasteiger charge is -2.28. The van der Waals surface area contributed by atoms with E-state index in [0.29, 0.717) is 12.5 Å². The van der Waals surface area contributed by atoms with Gasteiger partial charge in [-0.2, -0.15) is 0 Å². The van der Waals surface area contributed by atoms with Crippen LogP contribution in [-0.2, 0) is 4.79 Å². The Morgan fingerprint density at radius 1 is 1.78 bits per heavy atom. The number of thiazole rings is 1. The van der Waals surface area contributed by atoms with Crippen LogP contribution in [0.1, 0.15) is 33.1 Å². The Balaban J connectivity index is 1.92. The highest BCUT2D eigenvalue weighted by Crippen LogP contribution is 2.32. The second kappa shape index (κ2) is 5.59. The molecule has 0 spiro atoms. The zero-order valence-electron chi connectivity index (χ0n) is 10.5. The number of carboxylic acids is 1. The van der Waals surface area contributed by atoms with Gasteiger partial charge in [0.2, 0.25) is 0 Å². The maximum Gasteiger partial charge on any atom is 0.323 e. The topological polar surface area (TPSA) is 62.2 Å². The van der Waals surface area contributed by atoms with E-state index in [-0.39, 0.29) is 5.25 Å². The first-order valence-corrected chi connectivity index (χ1v) is 7.83. The molecule has 1 aromatic rings. The highest BCUT2D eigenvalue weighted by Gasteiger charge is 2.39. The van der Waals surface area contributed by atoms with Gasteiger partial charge >= 0.3 is 5.97 Å². The molecule has 0 aromatic carbocycles. The molecule has 1 heterocycles. The van der Waals surface area contributed by atoms with Crippen molar-refractivity contribution >= 4 is 29.1 Å². The third-order valence-electron chi connectivity index (χ3n) is 2.98. The summed E-state index contributed by atoms with van der Waals surface area (Å²) in [5.74, 6) is -0.763. The monoisotopic (exact) mass is 286 g/mol. The Kier molecular flexibility index (Phi) is 4.29. The van der Waals surface area contributed by atoms with E-state index in [9.17, 15) is 9.90 Å². The Morgan fingerprint density at radius 3 is 3.00 bits per heavy atom. The molecular weight excluding hydrogens is 268 g/mol. The van der Waals surface area contributed by atoms with Crippen molar-refractivity contribution < 1.29 is 9.90 Å². The van der Waals surface area contributed by atoms with Gasteiger partial charge in [-0.1, -0.05) is 18.7 Å². The fraction of sp³-hybridized carbons (Fsp3) is 0.667. The lowest BCUT2D eigenvalue weighted by Crippen LogP contribution is -2.51. The van der Waals surface area contributed by atoms with Gasteiger partial charge in [-0.15, -0.1) is 11.3 Å². The molecule has 0 saturated heterocycles. The van der Waals surface area contributed by atoms with Crippen molar-refractivity contribution in [1.82, 2.24) is 10.3 Å². The second-order valence-corrected chi connectivity index (χ2v) is 7.57. The fourth-order valence-corrected chi connectivity index (χ4v) is 4.07.